The lowest BCUT2D eigenvalue weighted by molar-refractivity contribution is -0.160. The van der Waals surface area contributed by atoms with Gasteiger partial charge in [-0.2, -0.15) is 0 Å². The van der Waals surface area contributed by atoms with Gasteiger partial charge < -0.3 is 28.4 Å². The zero-order valence-electron chi connectivity index (χ0n) is 18.1. The van der Waals surface area contributed by atoms with E-state index in [0.29, 0.717) is 64.9 Å². The topological polar surface area (TPSA) is 72.5 Å². The molecule has 0 aliphatic carbocycles. The van der Waals surface area contributed by atoms with Crippen molar-refractivity contribution in [3.05, 3.63) is 36.2 Å². The number of hydrogen-bond acceptors (Lipinski definition) is 7. The van der Waals surface area contributed by atoms with E-state index >= 15 is 0 Å². The Balaban J connectivity index is 1.84. The molecule has 0 bridgehead atoms. The molecule has 30 heavy (non-hydrogen) atoms. The van der Waals surface area contributed by atoms with Gasteiger partial charge in [-0.05, 0) is 44.5 Å². The maximum Gasteiger partial charge on any atom is 0.332 e. The number of carbonyl (C=O) groups excluding carboxylic acids is 1. The van der Waals surface area contributed by atoms with Gasteiger partial charge in [-0.3, -0.25) is 0 Å². The van der Waals surface area contributed by atoms with Crippen LogP contribution in [0, 0.1) is 0 Å². The molecule has 0 amide bonds. The average Bonchev–Trinajstić information content (AvgIpc) is 2.68. The van der Waals surface area contributed by atoms with Gasteiger partial charge in [-0.25, -0.2) is 9.18 Å². The highest BCUT2D eigenvalue weighted by Gasteiger charge is 2.15. The van der Waals surface area contributed by atoms with Crippen molar-refractivity contribution in [3.63, 3.8) is 0 Å². The average molecular weight is 428 g/mol. The first kappa shape index (κ1) is 26.0. The molecule has 0 aliphatic heterocycles. The molecule has 0 spiro atoms. The third kappa shape index (κ3) is 14.9. The van der Waals surface area contributed by atoms with Gasteiger partial charge in [0, 0.05) is 0 Å². The molecule has 170 valence electrons. The molecule has 0 N–H and O–H groups in total. The van der Waals surface area contributed by atoms with E-state index in [9.17, 15) is 9.18 Å². The summed E-state index contributed by atoms with van der Waals surface area (Å²) in [6, 6.07) is 7.10. The molecular formula is C22H33FO7. The van der Waals surface area contributed by atoms with Gasteiger partial charge in [0.2, 0.25) is 0 Å². The molecule has 0 saturated heterocycles. The van der Waals surface area contributed by atoms with Crippen LogP contribution in [-0.4, -0.2) is 71.0 Å². The first-order chi connectivity index (χ1) is 14.4. The highest BCUT2D eigenvalue weighted by atomic mass is 19.1. The van der Waals surface area contributed by atoms with Crippen LogP contribution in [0.2, 0.25) is 0 Å². The molecule has 0 aromatic heterocycles. The van der Waals surface area contributed by atoms with Crippen LogP contribution in [0.3, 0.4) is 0 Å². The summed E-state index contributed by atoms with van der Waals surface area (Å²) in [5.41, 5.74) is 0.267. The van der Waals surface area contributed by atoms with Crippen molar-refractivity contribution in [1.29, 1.82) is 0 Å². The van der Waals surface area contributed by atoms with Crippen molar-refractivity contribution in [2.45, 2.75) is 26.4 Å². The van der Waals surface area contributed by atoms with Crippen LogP contribution in [0.4, 0.5) is 4.39 Å². The standard InChI is InChI=1S/C22H33FO7/c1-22(2,3)30-21(24)18-28-15-14-26-11-10-25-12-13-27-16-17-29-20-6-4-19(5-7-20)8-9-23/h4-9H,10-18H2,1-3H3/b9-8+. The SMILES string of the molecule is CC(C)(C)OC(=O)COCCOCCOCCOCCOc1ccc(/C=C/F)cc1. The quantitative estimate of drug-likeness (QED) is 0.295. The molecule has 0 saturated carbocycles. The summed E-state index contributed by atoms with van der Waals surface area (Å²) < 4.78 is 44.0. The lowest BCUT2D eigenvalue weighted by Gasteiger charge is -2.19. The Bertz CT molecular complexity index is 596. The van der Waals surface area contributed by atoms with E-state index in [-0.39, 0.29) is 12.6 Å². The molecular weight excluding hydrogens is 395 g/mol. The van der Waals surface area contributed by atoms with Crippen molar-refractivity contribution >= 4 is 12.0 Å². The lowest BCUT2D eigenvalue weighted by Crippen LogP contribution is -2.27. The van der Waals surface area contributed by atoms with Crippen molar-refractivity contribution in [3.8, 4) is 5.75 Å². The Morgan fingerprint density at radius 1 is 0.833 bits per heavy atom. The van der Waals surface area contributed by atoms with Gasteiger partial charge in [0.15, 0.2) is 0 Å². The predicted molar refractivity (Wildman–Crippen MR) is 111 cm³/mol. The third-order valence-electron chi connectivity index (χ3n) is 3.39. The van der Waals surface area contributed by atoms with Gasteiger partial charge in [0.25, 0.3) is 0 Å². The molecule has 0 fully saturated rings. The number of rotatable bonds is 16. The smallest absolute Gasteiger partial charge is 0.332 e. The van der Waals surface area contributed by atoms with Gasteiger partial charge in [0.1, 0.15) is 24.6 Å². The minimum atomic E-state index is -0.507. The van der Waals surface area contributed by atoms with Crippen LogP contribution < -0.4 is 4.74 Å². The van der Waals surface area contributed by atoms with Crippen LogP contribution in [0.5, 0.6) is 5.75 Å². The summed E-state index contributed by atoms with van der Waals surface area (Å²) in [5.74, 6) is 0.318. The summed E-state index contributed by atoms with van der Waals surface area (Å²) in [7, 11) is 0. The Morgan fingerprint density at radius 2 is 1.33 bits per heavy atom. The molecule has 1 rings (SSSR count). The number of hydrogen-bond donors (Lipinski definition) is 0. The summed E-state index contributed by atoms with van der Waals surface area (Å²) in [5, 5.41) is 0. The van der Waals surface area contributed by atoms with Crippen molar-refractivity contribution < 1.29 is 37.6 Å². The fourth-order valence-electron chi connectivity index (χ4n) is 2.15. The zero-order valence-corrected chi connectivity index (χ0v) is 18.1. The second-order valence-electron chi connectivity index (χ2n) is 7.19. The third-order valence-corrected chi connectivity index (χ3v) is 3.39. The maximum absolute atomic E-state index is 12.1. The molecule has 0 unspecified atom stereocenters. The molecule has 0 heterocycles. The molecule has 7 nitrogen and oxygen atoms in total. The van der Waals surface area contributed by atoms with E-state index < -0.39 is 5.60 Å². The van der Waals surface area contributed by atoms with Gasteiger partial charge >= 0.3 is 5.97 Å². The first-order valence-electron chi connectivity index (χ1n) is 9.93. The Hall–Kier alpha value is -2.00. The molecule has 0 radical (unpaired) electrons. The molecule has 1 aromatic carbocycles. The minimum absolute atomic E-state index is 0.0834. The minimum Gasteiger partial charge on any atom is -0.491 e. The molecule has 1 aromatic rings. The van der Waals surface area contributed by atoms with Gasteiger partial charge in [-0.1, -0.05) is 12.1 Å². The Kier molecular flexibility index (Phi) is 13.7. The Morgan fingerprint density at radius 3 is 1.83 bits per heavy atom. The fourth-order valence-corrected chi connectivity index (χ4v) is 2.15. The first-order valence-corrected chi connectivity index (χ1v) is 9.93. The van der Waals surface area contributed by atoms with Gasteiger partial charge in [-0.15, -0.1) is 0 Å². The van der Waals surface area contributed by atoms with Crippen molar-refractivity contribution in [2.75, 3.05) is 59.5 Å². The summed E-state index contributed by atoms with van der Waals surface area (Å²) in [6.45, 7) is 8.71. The van der Waals surface area contributed by atoms with Crippen LogP contribution in [0.25, 0.3) is 6.08 Å². The van der Waals surface area contributed by atoms with E-state index in [1.807, 2.05) is 20.8 Å². The Labute approximate surface area is 178 Å². The van der Waals surface area contributed by atoms with E-state index in [2.05, 4.69) is 0 Å². The monoisotopic (exact) mass is 428 g/mol. The number of carbonyl (C=O) groups is 1. The van der Waals surface area contributed by atoms with E-state index in [4.69, 9.17) is 28.4 Å². The predicted octanol–water partition coefficient (Wildman–Crippen LogP) is 3.41. The molecule has 8 heteroatoms. The van der Waals surface area contributed by atoms with Gasteiger partial charge in [0.05, 0.1) is 52.6 Å². The largest absolute Gasteiger partial charge is 0.491 e. The van der Waals surface area contributed by atoms with Crippen LogP contribution >= 0.6 is 0 Å². The van der Waals surface area contributed by atoms with Crippen LogP contribution in [-0.2, 0) is 28.5 Å². The van der Waals surface area contributed by atoms with E-state index in [0.717, 1.165) is 5.56 Å². The highest BCUT2D eigenvalue weighted by molar-refractivity contribution is 5.71. The van der Waals surface area contributed by atoms with Crippen molar-refractivity contribution in [2.24, 2.45) is 0 Å². The van der Waals surface area contributed by atoms with E-state index in [1.54, 1.807) is 24.3 Å². The summed E-state index contributed by atoms with van der Waals surface area (Å²) in [6.07, 6.45) is 1.87. The molecule has 0 atom stereocenters. The number of benzene rings is 1. The normalized spacial score (nSPS) is 11.7. The fraction of sp³-hybridized carbons (Fsp3) is 0.591. The van der Waals surface area contributed by atoms with Crippen molar-refractivity contribution in [1.82, 2.24) is 0 Å². The second-order valence-corrected chi connectivity index (χ2v) is 7.19. The zero-order chi connectivity index (χ0) is 22.1. The number of ether oxygens (including phenoxy) is 6. The highest BCUT2D eigenvalue weighted by Crippen LogP contribution is 2.13. The lowest BCUT2D eigenvalue weighted by atomic mass is 10.2. The van der Waals surface area contributed by atoms with E-state index in [1.165, 1.54) is 6.08 Å². The summed E-state index contributed by atoms with van der Waals surface area (Å²) in [4.78, 5) is 11.4. The van der Waals surface area contributed by atoms with Crippen LogP contribution in [0.1, 0.15) is 26.3 Å². The molecule has 0 aliphatic rings. The number of halogens is 1. The van der Waals surface area contributed by atoms with Crippen LogP contribution in [0.15, 0.2) is 30.6 Å². The summed E-state index contributed by atoms with van der Waals surface area (Å²) >= 11 is 0. The maximum atomic E-state index is 12.1. The second kappa shape index (κ2) is 15.8. The number of esters is 1.